The summed E-state index contributed by atoms with van der Waals surface area (Å²) in [7, 11) is 0. The predicted molar refractivity (Wildman–Crippen MR) is 46.0 cm³/mol. The summed E-state index contributed by atoms with van der Waals surface area (Å²) in [6, 6.07) is 0.911. The second-order valence-corrected chi connectivity index (χ2v) is 2.77. The number of nitro groups is 1. The van der Waals surface area contributed by atoms with E-state index < -0.39 is 28.4 Å². The fourth-order valence-electron chi connectivity index (χ4n) is 1.16. The third-order valence-electron chi connectivity index (χ3n) is 1.80. The summed E-state index contributed by atoms with van der Waals surface area (Å²) in [4.78, 5) is 23.2. The van der Waals surface area contributed by atoms with Crippen LogP contribution in [0.4, 0.5) is 14.6 Å². The van der Waals surface area contributed by atoms with E-state index >= 15 is 0 Å². The number of alkyl halides is 2. The molecule has 5 nitrogen and oxygen atoms in total. The third kappa shape index (κ3) is 2.12. The lowest BCUT2D eigenvalue weighted by atomic mass is 10.1. The second kappa shape index (κ2) is 4.07. The lowest BCUT2D eigenvalue weighted by molar-refractivity contribution is -0.389. The third-order valence-corrected chi connectivity index (χ3v) is 1.80. The molecule has 1 aromatic rings. The minimum atomic E-state index is -2.88. The maximum atomic E-state index is 12.4. The number of aryl methyl sites for hydroxylation is 1. The van der Waals surface area contributed by atoms with Crippen LogP contribution < -0.4 is 0 Å². The van der Waals surface area contributed by atoms with Crippen molar-refractivity contribution < 1.29 is 18.5 Å². The van der Waals surface area contributed by atoms with Gasteiger partial charge in [-0.3, -0.25) is 4.79 Å². The molecule has 0 bridgehead atoms. The van der Waals surface area contributed by atoms with Gasteiger partial charge in [0.2, 0.25) is 5.69 Å². The number of aldehydes is 1. The summed E-state index contributed by atoms with van der Waals surface area (Å²) in [6.45, 7) is 1.27. The number of carbonyl (C=O) groups is 1. The van der Waals surface area contributed by atoms with Gasteiger partial charge in [-0.15, -0.1) is 0 Å². The molecule has 1 rings (SSSR count). The SMILES string of the molecule is Cc1cc([N+](=O)[O-])nc(C=O)c1C(F)F. The lowest BCUT2D eigenvalue weighted by Crippen LogP contribution is -2.04. The number of rotatable bonds is 3. The van der Waals surface area contributed by atoms with E-state index in [1.54, 1.807) is 0 Å². The van der Waals surface area contributed by atoms with Gasteiger partial charge in [-0.2, -0.15) is 0 Å². The number of hydrogen-bond acceptors (Lipinski definition) is 4. The van der Waals surface area contributed by atoms with Crippen LogP contribution in [0, 0.1) is 17.0 Å². The standard InChI is InChI=1S/C8H6F2N2O3/c1-4-2-6(12(14)15)11-5(3-13)7(4)8(9)10/h2-3,8H,1H3. The van der Waals surface area contributed by atoms with Crippen molar-refractivity contribution in [3.8, 4) is 0 Å². The second-order valence-electron chi connectivity index (χ2n) is 2.77. The summed E-state index contributed by atoms with van der Waals surface area (Å²) in [5.74, 6) is -0.612. The van der Waals surface area contributed by atoms with Crippen molar-refractivity contribution in [3.05, 3.63) is 33.0 Å². The van der Waals surface area contributed by atoms with Gasteiger partial charge in [0.1, 0.15) is 0 Å². The molecule has 0 atom stereocenters. The summed E-state index contributed by atoms with van der Waals surface area (Å²) < 4.78 is 24.9. The van der Waals surface area contributed by atoms with Crippen LogP contribution in [0.1, 0.15) is 28.0 Å². The highest BCUT2D eigenvalue weighted by Gasteiger charge is 2.24. The fourth-order valence-corrected chi connectivity index (χ4v) is 1.16. The van der Waals surface area contributed by atoms with Gasteiger partial charge in [-0.05, 0) is 22.4 Å². The van der Waals surface area contributed by atoms with E-state index in [0.29, 0.717) is 0 Å². The van der Waals surface area contributed by atoms with Gasteiger partial charge < -0.3 is 10.1 Å². The Hall–Kier alpha value is -1.92. The van der Waals surface area contributed by atoms with E-state index in [9.17, 15) is 23.7 Å². The highest BCUT2D eigenvalue weighted by Crippen LogP contribution is 2.26. The van der Waals surface area contributed by atoms with Crippen molar-refractivity contribution >= 4 is 12.1 Å². The summed E-state index contributed by atoms with van der Waals surface area (Å²) in [5, 5.41) is 10.3. The molecular weight excluding hydrogens is 210 g/mol. The number of hydrogen-bond donors (Lipinski definition) is 0. The number of pyridine rings is 1. The Bertz CT molecular complexity index is 421. The minimum Gasteiger partial charge on any atom is -0.358 e. The molecule has 0 aromatic carbocycles. The minimum absolute atomic E-state index is 0.0196. The molecule has 7 heteroatoms. The number of nitrogens with zero attached hydrogens (tertiary/aromatic N) is 2. The van der Waals surface area contributed by atoms with Crippen LogP contribution in [0.2, 0.25) is 0 Å². The topological polar surface area (TPSA) is 73.1 Å². The molecule has 15 heavy (non-hydrogen) atoms. The maximum Gasteiger partial charge on any atom is 0.364 e. The Balaban J connectivity index is 3.43. The molecule has 80 valence electrons. The van der Waals surface area contributed by atoms with Crippen LogP contribution in [0.3, 0.4) is 0 Å². The van der Waals surface area contributed by atoms with Gasteiger partial charge in [-0.25, -0.2) is 8.78 Å². The van der Waals surface area contributed by atoms with Gasteiger partial charge in [0.25, 0.3) is 6.43 Å². The van der Waals surface area contributed by atoms with E-state index in [2.05, 4.69) is 4.98 Å². The Morgan fingerprint density at radius 2 is 2.20 bits per heavy atom. The van der Waals surface area contributed by atoms with E-state index in [1.165, 1.54) is 6.92 Å². The van der Waals surface area contributed by atoms with E-state index in [0.717, 1.165) is 6.07 Å². The van der Waals surface area contributed by atoms with Crippen LogP contribution in [-0.4, -0.2) is 16.2 Å². The first-order valence-electron chi connectivity index (χ1n) is 3.86. The molecule has 0 radical (unpaired) electrons. The van der Waals surface area contributed by atoms with Gasteiger partial charge in [0.15, 0.2) is 6.29 Å². The van der Waals surface area contributed by atoms with E-state index in [4.69, 9.17) is 0 Å². The Kier molecular flexibility index (Phi) is 3.03. The van der Waals surface area contributed by atoms with Crippen LogP contribution in [0.5, 0.6) is 0 Å². The molecule has 0 aliphatic carbocycles. The average molecular weight is 216 g/mol. The maximum absolute atomic E-state index is 12.4. The van der Waals surface area contributed by atoms with Crippen molar-refractivity contribution in [2.45, 2.75) is 13.3 Å². The van der Waals surface area contributed by atoms with E-state index in [-0.39, 0.29) is 11.8 Å². The molecule has 0 saturated heterocycles. The summed E-state index contributed by atoms with van der Waals surface area (Å²) in [5.41, 5.74) is -1.17. The normalized spacial score (nSPS) is 10.4. The number of carbonyl (C=O) groups excluding carboxylic acids is 1. The summed E-state index contributed by atoms with van der Waals surface area (Å²) >= 11 is 0. The molecular formula is C8H6F2N2O3. The zero-order chi connectivity index (χ0) is 11.6. The molecule has 0 aliphatic rings. The smallest absolute Gasteiger partial charge is 0.358 e. The van der Waals surface area contributed by atoms with Crippen LogP contribution in [0.15, 0.2) is 6.07 Å². The Labute approximate surface area is 82.9 Å². The summed E-state index contributed by atoms with van der Waals surface area (Å²) in [6.07, 6.45) is -2.79. The number of aromatic nitrogens is 1. The van der Waals surface area contributed by atoms with Crippen molar-refractivity contribution in [2.24, 2.45) is 0 Å². The Morgan fingerprint density at radius 3 is 2.60 bits per heavy atom. The molecule has 0 spiro atoms. The molecule has 1 heterocycles. The Morgan fingerprint density at radius 1 is 1.60 bits per heavy atom. The highest BCUT2D eigenvalue weighted by molar-refractivity contribution is 5.75. The predicted octanol–water partition coefficient (Wildman–Crippen LogP) is 2.05. The molecule has 0 unspecified atom stereocenters. The van der Waals surface area contributed by atoms with E-state index in [1.807, 2.05) is 0 Å². The zero-order valence-electron chi connectivity index (χ0n) is 7.61. The fraction of sp³-hybridized carbons (Fsp3) is 0.250. The quantitative estimate of drug-likeness (QED) is 0.440. The van der Waals surface area contributed by atoms with Gasteiger partial charge in [-0.1, -0.05) is 0 Å². The molecule has 0 fully saturated rings. The number of halogens is 2. The van der Waals surface area contributed by atoms with Crippen molar-refractivity contribution in [3.63, 3.8) is 0 Å². The first-order chi connectivity index (χ1) is 6.97. The molecule has 0 saturated carbocycles. The largest absolute Gasteiger partial charge is 0.364 e. The van der Waals surface area contributed by atoms with Gasteiger partial charge >= 0.3 is 5.82 Å². The van der Waals surface area contributed by atoms with Gasteiger partial charge in [0, 0.05) is 6.07 Å². The molecule has 0 aliphatic heterocycles. The average Bonchev–Trinajstić information content (AvgIpc) is 2.15. The highest BCUT2D eigenvalue weighted by atomic mass is 19.3. The monoisotopic (exact) mass is 216 g/mol. The van der Waals surface area contributed by atoms with Crippen molar-refractivity contribution in [1.82, 2.24) is 4.98 Å². The van der Waals surface area contributed by atoms with Crippen LogP contribution in [-0.2, 0) is 0 Å². The lowest BCUT2D eigenvalue weighted by Gasteiger charge is -2.03. The molecule has 0 amide bonds. The van der Waals surface area contributed by atoms with Gasteiger partial charge in [0.05, 0.1) is 5.56 Å². The van der Waals surface area contributed by atoms with Crippen LogP contribution >= 0.6 is 0 Å². The molecule has 1 aromatic heterocycles. The first-order valence-corrected chi connectivity index (χ1v) is 3.86. The van der Waals surface area contributed by atoms with Crippen molar-refractivity contribution in [2.75, 3.05) is 0 Å². The van der Waals surface area contributed by atoms with Crippen molar-refractivity contribution in [1.29, 1.82) is 0 Å². The van der Waals surface area contributed by atoms with Crippen LogP contribution in [0.25, 0.3) is 0 Å². The zero-order valence-corrected chi connectivity index (χ0v) is 7.61. The molecule has 0 N–H and O–H groups in total. The first kappa shape index (κ1) is 11.2.